The van der Waals surface area contributed by atoms with Crippen molar-refractivity contribution in [2.45, 2.75) is 12.5 Å². The summed E-state index contributed by atoms with van der Waals surface area (Å²) in [5.74, 6) is -0.715. The minimum Gasteiger partial charge on any atom is -0.360 e. The molecule has 1 fully saturated rings. The van der Waals surface area contributed by atoms with Crippen molar-refractivity contribution in [3.63, 3.8) is 0 Å². The summed E-state index contributed by atoms with van der Waals surface area (Å²) in [7, 11) is 0. The number of fused-ring (bicyclic) bond motifs is 1. The van der Waals surface area contributed by atoms with Crippen LogP contribution in [0.2, 0.25) is 0 Å². The Kier molecular flexibility index (Phi) is 3.96. The van der Waals surface area contributed by atoms with Crippen molar-refractivity contribution in [2.24, 2.45) is 0 Å². The SMILES string of the molecule is CC1(c2ccc(Br)s2)NC(=O)N(CC(=O)c2c[nH]c3ccccc23)C1=O. The Balaban J connectivity index is 1.61. The molecule has 0 aliphatic carbocycles. The van der Waals surface area contributed by atoms with Crippen LogP contribution in [0.25, 0.3) is 10.9 Å². The first-order valence-corrected chi connectivity index (χ1v) is 9.50. The number of H-pyrrole nitrogens is 1. The largest absolute Gasteiger partial charge is 0.360 e. The number of carbonyl (C=O) groups excluding carboxylic acids is 3. The lowest BCUT2D eigenvalue weighted by atomic mass is 10.0. The summed E-state index contributed by atoms with van der Waals surface area (Å²) < 4.78 is 0.865. The number of benzene rings is 1. The number of Topliss-reactive ketones (excluding diaryl/α,β-unsaturated/α-hetero) is 1. The third-order valence-electron chi connectivity index (χ3n) is 4.53. The van der Waals surface area contributed by atoms with E-state index in [0.717, 1.165) is 19.6 Å². The standard InChI is InChI=1S/C18H14BrN3O3S/c1-18(14-6-7-15(19)26-14)16(24)22(17(25)21-18)9-13(23)11-8-20-12-5-3-2-4-10(11)12/h2-8,20H,9H2,1H3,(H,21,25). The molecule has 1 unspecified atom stereocenters. The van der Waals surface area contributed by atoms with Crippen LogP contribution in [-0.2, 0) is 10.3 Å². The fourth-order valence-electron chi connectivity index (χ4n) is 3.12. The van der Waals surface area contributed by atoms with Crippen LogP contribution in [0.1, 0.15) is 22.2 Å². The second-order valence-corrected chi connectivity index (χ2v) is 8.68. The molecule has 2 N–H and O–H groups in total. The zero-order valence-corrected chi connectivity index (χ0v) is 16.1. The summed E-state index contributed by atoms with van der Waals surface area (Å²) >= 11 is 4.74. The van der Waals surface area contributed by atoms with Crippen LogP contribution in [0.5, 0.6) is 0 Å². The van der Waals surface area contributed by atoms with Crippen LogP contribution in [0, 0.1) is 0 Å². The number of nitrogens with zero attached hydrogens (tertiary/aromatic N) is 1. The zero-order valence-electron chi connectivity index (χ0n) is 13.7. The van der Waals surface area contributed by atoms with Crippen LogP contribution in [0.3, 0.4) is 0 Å². The molecule has 0 saturated carbocycles. The predicted octanol–water partition coefficient (Wildman–Crippen LogP) is 3.64. The number of rotatable bonds is 4. The Morgan fingerprint density at radius 3 is 2.73 bits per heavy atom. The maximum atomic E-state index is 12.9. The maximum Gasteiger partial charge on any atom is 0.325 e. The molecule has 0 radical (unpaired) electrons. The second kappa shape index (κ2) is 6.07. The highest BCUT2D eigenvalue weighted by molar-refractivity contribution is 9.11. The van der Waals surface area contributed by atoms with E-state index in [1.54, 1.807) is 19.2 Å². The monoisotopic (exact) mass is 431 g/mol. The lowest BCUT2D eigenvalue weighted by Crippen LogP contribution is -2.40. The van der Waals surface area contributed by atoms with Gasteiger partial charge in [0.05, 0.1) is 10.3 Å². The molecular weight excluding hydrogens is 418 g/mol. The van der Waals surface area contributed by atoms with Crippen molar-refractivity contribution in [3.05, 3.63) is 56.8 Å². The van der Waals surface area contributed by atoms with Crippen LogP contribution >= 0.6 is 27.3 Å². The fraction of sp³-hybridized carbons (Fsp3) is 0.167. The molecule has 8 heteroatoms. The Hall–Kier alpha value is -2.45. The average molecular weight is 432 g/mol. The molecule has 4 rings (SSSR count). The van der Waals surface area contributed by atoms with Gasteiger partial charge in [0, 0.05) is 27.5 Å². The highest BCUT2D eigenvalue weighted by Gasteiger charge is 2.50. The van der Waals surface area contributed by atoms with E-state index in [-0.39, 0.29) is 12.3 Å². The number of amides is 3. The molecule has 1 saturated heterocycles. The molecule has 1 aromatic carbocycles. The molecule has 3 aromatic rings. The first kappa shape index (κ1) is 17.0. The fourth-order valence-corrected chi connectivity index (χ4v) is 4.60. The van der Waals surface area contributed by atoms with Crippen molar-refractivity contribution in [3.8, 4) is 0 Å². The number of thiophene rings is 1. The Morgan fingerprint density at radius 2 is 2.00 bits per heavy atom. The second-order valence-electron chi connectivity index (χ2n) is 6.22. The number of para-hydroxylation sites is 1. The van der Waals surface area contributed by atoms with Gasteiger partial charge in [-0.25, -0.2) is 4.79 Å². The number of urea groups is 1. The van der Waals surface area contributed by atoms with Gasteiger partial charge in [0.15, 0.2) is 11.3 Å². The van der Waals surface area contributed by atoms with Crippen molar-refractivity contribution in [1.29, 1.82) is 0 Å². The molecule has 132 valence electrons. The molecule has 0 bridgehead atoms. The summed E-state index contributed by atoms with van der Waals surface area (Å²) in [6.07, 6.45) is 1.61. The number of imide groups is 1. The van der Waals surface area contributed by atoms with E-state index in [1.807, 2.05) is 30.3 Å². The minimum absolute atomic E-state index is 0.289. The van der Waals surface area contributed by atoms with E-state index < -0.39 is 17.5 Å². The van der Waals surface area contributed by atoms with Gasteiger partial charge in [0.1, 0.15) is 0 Å². The highest BCUT2D eigenvalue weighted by atomic mass is 79.9. The topological polar surface area (TPSA) is 82.3 Å². The molecule has 2 aromatic heterocycles. The van der Waals surface area contributed by atoms with E-state index in [2.05, 4.69) is 26.2 Å². The van der Waals surface area contributed by atoms with Gasteiger partial charge in [-0.1, -0.05) is 18.2 Å². The van der Waals surface area contributed by atoms with E-state index in [9.17, 15) is 14.4 Å². The van der Waals surface area contributed by atoms with Crippen LogP contribution in [-0.4, -0.2) is 34.2 Å². The third-order valence-corrected chi connectivity index (χ3v) is 6.38. The smallest absolute Gasteiger partial charge is 0.325 e. The lowest BCUT2D eigenvalue weighted by molar-refractivity contribution is -0.130. The number of aromatic nitrogens is 1. The van der Waals surface area contributed by atoms with Gasteiger partial charge in [-0.3, -0.25) is 14.5 Å². The Labute approximate surface area is 161 Å². The van der Waals surface area contributed by atoms with Crippen molar-refractivity contribution in [1.82, 2.24) is 15.2 Å². The Morgan fingerprint density at radius 1 is 1.23 bits per heavy atom. The summed E-state index contributed by atoms with van der Waals surface area (Å²) in [6.45, 7) is 1.36. The summed E-state index contributed by atoms with van der Waals surface area (Å²) in [4.78, 5) is 42.7. The van der Waals surface area contributed by atoms with Gasteiger partial charge in [0.25, 0.3) is 5.91 Å². The molecule has 3 heterocycles. The maximum absolute atomic E-state index is 12.9. The number of aromatic amines is 1. The van der Waals surface area contributed by atoms with E-state index in [0.29, 0.717) is 10.4 Å². The molecule has 1 atom stereocenters. The van der Waals surface area contributed by atoms with E-state index in [1.165, 1.54) is 11.3 Å². The molecule has 3 amide bonds. The molecule has 6 nitrogen and oxygen atoms in total. The van der Waals surface area contributed by atoms with E-state index in [4.69, 9.17) is 0 Å². The number of halogens is 1. The van der Waals surface area contributed by atoms with Gasteiger partial charge >= 0.3 is 6.03 Å². The first-order chi connectivity index (χ1) is 12.4. The zero-order chi connectivity index (χ0) is 18.5. The number of hydrogen-bond acceptors (Lipinski definition) is 4. The average Bonchev–Trinajstić information content (AvgIpc) is 3.29. The number of carbonyl (C=O) groups is 3. The van der Waals surface area contributed by atoms with Gasteiger partial charge in [0.2, 0.25) is 0 Å². The summed E-state index contributed by atoms with van der Waals surface area (Å²) in [6, 6.07) is 10.5. The molecule has 1 aliphatic rings. The molecule has 0 spiro atoms. The van der Waals surface area contributed by atoms with Gasteiger partial charge < -0.3 is 10.3 Å². The van der Waals surface area contributed by atoms with Crippen LogP contribution < -0.4 is 5.32 Å². The van der Waals surface area contributed by atoms with Crippen LogP contribution in [0.4, 0.5) is 4.79 Å². The molecule has 1 aliphatic heterocycles. The van der Waals surface area contributed by atoms with E-state index >= 15 is 0 Å². The van der Waals surface area contributed by atoms with Crippen LogP contribution in [0.15, 0.2) is 46.4 Å². The number of ketones is 1. The normalized spacial score (nSPS) is 20.0. The van der Waals surface area contributed by atoms with Gasteiger partial charge in [-0.05, 0) is 41.1 Å². The molecular formula is C18H14BrN3O3S. The minimum atomic E-state index is -1.16. The molecule has 26 heavy (non-hydrogen) atoms. The van der Waals surface area contributed by atoms with Gasteiger partial charge in [-0.15, -0.1) is 11.3 Å². The van der Waals surface area contributed by atoms with Crippen molar-refractivity contribution >= 4 is 55.9 Å². The Bertz CT molecular complexity index is 1060. The predicted molar refractivity (Wildman–Crippen MR) is 102 cm³/mol. The first-order valence-electron chi connectivity index (χ1n) is 7.89. The lowest BCUT2D eigenvalue weighted by Gasteiger charge is -2.19. The number of nitrogens with one attached hydrogen (secondary N) is 2. The third kappa shape index (κ3) is 2.57. The van der Waals surface area contributed by atoms with Gasteiger partial charge in [-0.2, -0.15) is 0 Å². The number of hydrogen-bond donors (Lipinski definition) is 2. The summed E-state index contributed by atoms with van der Waals surface area (Å²) in [5, 5.41) is 3.49. The quantitative estimate of drug-likeness (QED) is 0.488. The van der Waals surface area contributed by atoms with Crippen molar-refractivity contribution < 1.29 is 14.4 Å². The summed E-state index contributed by atoms with van der Waals surface area (Å²) in [5.41, 5.74) is 0.142. The van der Waals surface area contributed by atoms with Crippen molar-refractivity contribution in [2.75, 3.05) is 6.54 Å². The highest BCUT2D eigenvalue weighted by Crippen LogP contribution is 2.35.